The number of halogens is 1. The SMILES string of the molecule is CC(=O)Nc1cc(C(=O)NCCN2CCNCC2)ccc1F. The molecule has 7 heteroatoms. The van der Waals surface area contributed by atoms with E-state index < -0.39 is 5.82 Å². The molecule has 3 N–H and O–H groups in total. The van der Waals surface area contributed by atoms with E-state index in [1.165, 1.54) is 25.1 Å². The normalized spacial score (nSPS) is 15.4. The van der Waals surface area contributed by atoms with Crippen molar-refractivity contribution in [3.8, 4) is 0 Å². The smallest absolute Gasteiger partial charge is 0.251 e. The number of benzene rings is 1. The van der Waals surface area contributed by atoms with E-state index in [0.29, 0.717) is 12.1 Å². The summed E-state index contributed by atoms with van der Waals surface area (Å²) in [5.41, 5.74) is 0.340. The molecule has 0 unspecified atom stereocenters. The Balaban J connectivity index is 1.87. The molecule has 0 saturated carbocycles. The number of anilines is 1. The van der Waals surface area contributed by atoms with Crippen LogP contribution in [0.4, 0.5) is 10.1 Å². The minimum absolute atomic E-state index is 0.0160. The molecule has 1 aliphatic rings. The van der Waals surface area contributed by atoms with E-state index in [2.05, 4.69) is 20.9 Å². The molecule has 1 aromatic carbocycles. The number of nitrogens with one attached hydrogen (secondary N) is 3. The molecule has 120 valence electrons. The van der Waals surface area contributed by atoms with Crippen molar-refractivity contribution >= 4 is 17.5 Å². The number of hydrogen-bond donors (Lipinski definition) is 3. The van der Waals surface area contributed by atoms with Crippen molar-refractivity contribution in [2.45, 2.75) is 6.92 Å². The highest BCUT2D eigenvalue weighted by Gasteiger charge is 2.12. The molecule has 0 radical (unpaired) electrons. The molecule has 1 aromatic rings. The molecule has 2 rings (SSSR count). The van der Waals surface area contributed by atoms with Crippen LogP contribution in [0.25, 0.3) is 0 Å². The highest BCUT2D eigenvalue weighted by molar-refractivity contribution is 5.96. The second-order valence-corrected chi connectivity index (χ2v) is 5.22. The van der Waals surface area contributed by atoms with Gasteiger partial charge in [0.05, 0.1) is 5.69 Å². The molecule has 0 atom stereocenters. The molecule has 1 fully saturated rings. The standard InChI is InChI=1S/C15H21FN4O2/c1-11(21)19-14-10-12(2-3-13(14)16)15(22)18-6-9-20-7-4-17-5-8-20/h2-3,10,17H,4-9H2,1H3,(H,18,22)(H,19,21). The van der Waals surface area contributed by atoms with Gasteiger partial charge in [0.25, 0.3) is 5.91 Å². The number of piperazine rings is 1. The lowest BCUT2D eigenvalue weighted by atomic mass is 10.1. The lowest BCUT2D eigenvalue weighted by molar-refractivity contribution is -0.114. The Morgan fingerprint density at radius 2 is 2.05 bits per heavy atom. The minimum Gasteiger partial charge on any atom is -0.351 e. The number of amides is 2. The lowest BCUT2D eigenvalue weighted by Gasteiger charge is -2.27. The summed E-state index contributed by atoms with van der Waals surface area (Å²) >= 11 is 0. The molecule has 6 nitrogen and oxygen atoms in total. The Kier molecular flexibility index (Phi) is 5.85. The number of rotatable bonds is 5. The van der Waals surface area contributed by atoms with E-state index in [1.807, 2.05) is 0 Å². The first-order valence-electron chi connectivity index (χ1n) is 7.34. The maximum absolute atomic E-state index is 13.5. The number of hydrogen-bond acceptors (Lipinski definition) is 4. The van der Waals surface area contributed by atoms with Gasteiger partial charge in [-0.3, -0.25) is 14.5 Å². The van der Waals surface area contributed by atoms with E-state index in [1.54, 1.807) is 0 Å². The van der Waals surface area contributed by atoms with Crippen LogP contribution < -0.4 is 16.0 Å². The monoisotopic (exact) mass is 308 g/mol. The van der Waals surface area contributed by atoms with Gasteiger partial charge in [-0.25, -0.2) is 4.39 Å². The predicted molar refractivity (Wildman–Crippen MR) is 82.3 cm³/mol. The van der Waals surface area contributed by atoms with Gasteiger partial charge in [-0.05, 0) is 18.2 Å². The van der Waals surface area contributed by atoms with E-state index >= 15 is 0 Å². The average Bonchev–Trinajstić information content (AvgIpc) is 2.50. The van der Waals surface area contributed by atoms with E-state index in [9.17, 15) is 14.0 Å². The number of carbonyl (C=O) groups is 2. The number of nitrogens with zero attached hydrogens (tertiary/aromatic N) is 1. The first-order valence-corrected chi connectivity index (χ1v) is 7.34. The third-order valence-electron chi connectivity index (χ3n) is 3.46. The maximum Gasteiger partial charge on any atom is 0.251 e. The molecule has 1 aliphatic heterocycles. The first kappa shape index (κ1) is 16.4. The third kappa shape index (κ3) is 4.78. The molecule has 1 saturated heterocycles. The van der Waals surface area contributed by atoms with Gasteiger partial charge in [-0.15, -0.1) is 0 Å². The summed E-state index contributed by atoms with van der Waals surface area (Å²) in [7, 11) is 0. The Morgan fingerprint density at radius 1 is 1.32 bits per heavy atom. The highest BCUT2D eigenvalue weighted by atomic mass is 19.1. The molecule has 22 heavy (non-hydrogen) atoms. The van der Waals surface area contributed by atoms with Gasteiger partial charge in [0.2, 0.25) is 5.91 Å². The minimum atomic E-state index is -0.562. The zero-order valence-electron chi connectivity index (χ0n) is 12.6. The Morgan fingerprint density at radius 3 is 2.73 bits per heavy atom. The van der Waals surface area contributed by atoms with Crippen molar-refractivity contribution in [2.24, 2.45) is 0 Å². The van der Waals surface area contributed by atoms with Crippen molar-refractivity contribution in [1.29, 1.82) is 0 Å². The largest absolute Gasteiger partial charge is 0.351 e. The van der Waals surface area contributed by atoms with Crippen LogP contribution >= 0.6 is 0 Å². The Labute approximate surface area is 129 Å². The molecular formula is C15H21FN4O2. The summed E-state index contributed by atoms with van der Waals surface area (Å²) < 4.78 is 13.5. The summed E-state index contributed by atoms with van der Waals surface area (Å²) in [6.45, 7) is 6.48. The summed E-state index contributed by atoms with van der Waals surface area (Å²) in [5.74, 6) is -1.22. The van der Waals surface area contributed by atoms with Gasteiger partial charge >= 0.3 is 0 Å². The van der Waals surface area contributed by atoms with Crippen LogP contribution in [-0.2, 0) is 4.79 Å². The van der Waals surface area contributed by atoms with Crippen LogP contribution in [0.5, 0.6) is 0 Å². The van der Waals surface area contributed by atoms with Crippen LogP contribution in [0.1, 0.15) is 17.3 Å². The van der Waals surface area contributed by atoms with Crippen LogP contribution in [0.15, 0.2) is 18.2 Å². The van der Waals surface area contributed by atoms with Gasteiger partial charge in [0.1, 0.15) is 5.82 Å². The molecule has 0 bridgehead atoms. The Bertz CT molecular complexity index is 544. The van der Waals surface area contributed by atoms with Gasteiger partial charge in [-0.2, -0.15) is 0 Å². The van der Waals surface area contributed by atoms with Crippen molar-refractivity contribution in [2.75, 3.05) is 44.6 Å². The Hall–Kier alpha value is -1.99. The van der Waals surface area contributed by atoms with Crippen LogP contribution in [0.2, 0.25) is 0 Å². The topological polar surface area (TPSA) is 73.5 Å². The van der Waals surface area contributed by atoms with E-state index in [-0.39, 0.29) is 17.5 Å². The fourth-order valence-corrected chi connectivity index (χ4v) is 2.32. The molecular weight excluding hydrogens is 287 g/mol. The zero-order valence-corrected chi connectivity index (χ0v) is 12.6. The molecule has 0 aliphatic carbocycles. The van der Waals surface area contributed by atoms with Gasteiger partial charge in [-0.1, -0.05) is 0 Å². The molecule has 0 spiro atoms. The predicted octanol–water partition coefficient (Wildman–Crippen LogP) is 0.419. The summed E-state index contributed by atoms with van der Waals surface area (Å²) in [5, 5.41) is 8.44. The zero-order chi connectivity index (χ0) is 15.9. The fraction of sp³-hybridized carbons (Fsp3) is 0.467. The van der Waals surface area contributed by atoms with Crippen molar-refractivity contribution in [1.82, 2.24) is 15.5 Å². The quantitative estimate of drug-likeness (QED) is 0.737. The molecule has 0 aromatic heterocycles. The van der Waals surface area contributed by atoms with E-state index in [0.717, 1.165) is 32.7 Å². The van der Waals surface area contributed by atoms with Crippen LogP contribution in [0, 0.1) is 5.82 Å². The summed E-state index contributed by atoms with van der Waals surface area (Å²) in [4.78, 5) is 25.3. The molecule has 1 heterocycles. The second-order valence-electron chi connectivity index (χ2n) is 5.22. The summed E-state index contributed by atoms with van der Waals surface area (Å²) in [6.07, 6.45) is 0. The first-order chi connectivity index (χ1) is 10.6. The van der Waals surface area contributed by atoms with Gasteiger partial charge in [0, 0.05) is 51.8 Å². The van der Waals surface area contributed by atoms with Crippen molar-refractivity contribution < 1.29 is 14.0 Å². The lowest BCUT2D eigenvalue weighted by Crippen LogP contribution is -2.46. The number of carbonyl (C=O) groups excluding carboxylic acids is 2. The van der Waals surface area contributed by atoms with Crippen molar-refractivity contribution in [3.05, 3.63) is 29.6 Å². The maximum atomic E-state index is 13.5. The van der Waals surface area contributed by atoms with Crippen molar-refractivity contribution in [3.63, 3.8) is 0 Å². The third-order valence-corrected chi connectivity index (χ3v) is 3.46. The van der Waals surface area contributed by atoms with Crippen LogP contribution in [0.3, 0.4) is 0 Å². The van der Waals surface area contributed by atoms with Gasteiger partial charge < -0.3 is 16.0 Å². The second kappa shape index (κ2) is 7.86. The average molecular weight is 308 g/mol. The van der Waals surface area contributed by atoms with E-state index in [4.69, 9.17) is 0 Å². The van der Waals surface area contributed by atoms with Crippen LogP contribution in [-0.4, -0.2) is 56.0 Å². The summed E-state index contributed by atoms with van der Waals surface area (Å²) in [6, 6.07) is 3.92. The van der Waals surface area contributed by atoms with Gasteiger partial charge in [0.15, 0.2) is 0 Å². The molecule has 2 amide bonds. The fourth-order valence-electron chi connectivity index (χ4n) is 2.32. The highest BCUT2D eigenvalue weighted by Crippen LogP contribution is 2.16.